The maximum Gasteiger partial charge on any atom is 0.191 e. The molecule has 0 aliphatic heterocycles. The molecule has 24 heavy (non-hydrogen) atoms. The smallest absolute Gasteiger partial charge is 0.191 e. The number of aryl methyl sites for hydroxylation is 1. The topological polar surface area (TPSA) is 69.5 Å². The van der Waals surface area contributed by atoms with Crippen LogP contribution in [-0.4, -0.2) is 35.7 Å². The SMILES string of the molecule is CCNC(=NCC(O)c1ccc(Cl)s1)NCCc1ncc(C)s1.I. The summed E-state index contributed by atoms with van der Waals surface area (Å²) >= 11 is 8.97. The van der Waals surface area contributed by atoms with Crippen LogP contribution in [-0.2, 0) is 6.42 Å². The highest BCUT2D eigenvalue weighted by atomic mass is 127. The Morgan fingerprint density at radius 3 is 2.75 bits per heavy atom. The normalized spacial score (nSPS) is 12.6. The van der Waals surface area contributed by atoms with Crippen LogP contribution in [0.15, 0.2) is 23.3 Å². The molecular formula is C15H22ClIN4OS2. The Balaban J connectivity index is 0.00000288. The molecule has 0 saturated carbocycles. The molecule has 0 radical (unpaired) electrons. The lowest BCUT2D eigenvalue weighted by Gasteiger charge is -2.12. The van der Waals surface area contributed by atoms with Crippen molar-refractivity contribution in [2.45, 2.75) is 26.4 Å². The molecule has 0 bridgehead atoms. The summed E-state index contributed by atoms with van der Waals surface area (Å²) in [5.74, 6) is 0.697. The number of thiazole rings is 1. The first-order valence-electron chi connectivity index (χ1n) is 7.45. The molecule has 2 heterocycles. The average molecular weight is 501 g/mol. The van der Waals surface area contributed by atoms with Crippen molar-refractivity contribution in [1.82, 2.24) is 15.6 Å². The number of rotatable bonds is 7. The van der Waals surface area contributed by atoms with Crippen LogP contribution in [0.5, 0.6) is 0 Å². The zero-order chi connectivity index (χ0) is 16.7. The minimum Gasteiger partial charge on any atom is -0.386 e. The lowest BCUT2D eigenvalue weighted by atomic mass is 10.3. The second-order valence-electron chi connectivity index (χ2n) is 4.92. The van der Waals surface area contributed by atoms with Gasteiger partial charge < -0.3 is 15.7 Å². The van der Waals surface area contributed by atoms with E-state index in [1.165, 1.54) is 16.2 Å². The predicted octanol–water partition coefficient (Wildman–Crippen LogP) is 3.62. The largest absolute Gasteiger partial charge is 0.386 e. The van der Waals surface area contributed by atoms with Crippen LogP contribution in [0.3, 0.4) is 0 Å². The monoisotopic (exact) mass is 500 g/mol. The first-order valence-corrected chi connectivity index (χ1v) is 9.46. The number of aliphatic hydroxyl groups is 1. The van der Waals surface area contributed by atoms with E-state index < -0.39 is 6.10 Å². The highest BCUT2D eigenvalue weighted by Crippen LogP contribution is 2.26. The van der Waals surface area contributed by atoms with Crippen LogP contribution in [0, 0.1) is 6.92 Å². The van der Waals surface area contributed by atoms with E-state index in [4.69, 9.17) is 11.6 Å². The molecular weight excluding hydrogens is 479 g/mol. The zero-order valence-corrected chi connectivity index (χ0v) is 18.3. The Morgan fingerprint density at radius 2 is 2.17 bits per heavy atom. The van der Waals surface area contributed by atoms with E-state index in [-0.39, 0.29) is 24.0 Å². The quantitative estimate of drug-likeness (QED) is 0.309. The van der Waals surface area contributed by atoms with E-state index in [0.29, 0.717) is 16.8 Å². The summed E-state index contributed by atoms with van der Waals surface area (Å²) in [6.45, 7) is 5.88. The molecule has 2 aromatic heterocycles. The van der Waals surface area contributed by atoms with E-state index in [1.807, 2.05) is 19.2 Å². The summed E-state index contributed by atoms with van der Waals surface area (Å²) in [5, 5.41) is 17.7. The highest BCUT2D eigenvalue weighted by molar-refractivity contribution is 14.0. The van der Waals surface area contributed by atoms with Gasteiger partial charge in [-0.05, 0) is 26.0 Å². The first-order chi connectivity index (χ1) is 11.1. The lowest BCUT2D eigenvalue weighted by Crippen LogP contribution is -2.38. The van der Waals surface area contributed by atoms with Gasteiger partial charge in [0.05, 0.1) is 15.9 Å². The van der Waals surface area contributed by atoms with Crippen molar-refractivity contribution in [3.05, 3.63) is 37.4 Å². The van der Waals surface area contributed by atoms with Gasteiger partial charge in [-0.25, -0.2) is 4.98 Å². The molecule has 0 amide bonds. The van der Waals surface area contributed by atoms with Gasteiger partial charge in [0.15, 0.2) is 5.96 Å². The number of aliphatic imine (C=N–C) groups is 1. The average Bonchev–Trinajstić information content (AvgIpc) is 3.13. The van der Waals surface area contributed by atoms with Crippen molar-refractivity contribution in [3.63, 3.8) is 0 Å². The fourth-order valence-corrected chi connectivity index (χ4v) is 3.75. The number of thiophene rings is 1. The Bertz CT molecular complexity index is 647. The summed E-state index contributed by atoms with van der Waals surface area (Å²) < 4.78 is 0.673. The van der Waals surface area contributed by atoms with Crippen molar-refractivity contribution in [2.75, 3.05) is 19.6 Å². The Morgan fingerprint density at radius 1 is 1.38 bits per heavy atom. The van der Waals surface area contributed by atoms with E-state index in [2.05, 4.69) is 27.5 Å². The van der Waals surface area contributed by atoms with Gasteiger partial charge >= 0.3 is 0 Å². The molecule has 3 N–H and O–H groups in total. The standard InChI is InChI=1S/C15H21ClN4OS2.HI/c1-3-17-15(18-7-6-14-19-8-10(2)22-14)20-9-11(21)12-4-5-13(16)23-12;/h4-5,8,11,21H,3,6-7,9H2,1-2H3,(H2,17,18,20);1H. The summed E-state index contributed by atoms with van der Waals surface area (Å²) in [4.78, 5) is 10.8. The zero-order valence-electron chi connectivity index (χ0n) is 13.6. The van der Waals surface area contributed by atoms with Crippen molar-refractivity contribution in [2.24, 2.45) is 4.99 Å². The maximum atomic E-state index is 10.1. The van der Waals surface area contributed by atoms with Crippen LogP contribution in [0.4, 0.5) is 0 Å². The summed E-state index contributed by atoms with van der Waals surface area (Å²) in [6.07, 6.45) is 2.11. The molecule has 134 valence electrons. The molecule has 1 atom stereocenters. The minimum atomic E-state index is -0.635. The van der Waals surface area contributed by atoms with Crippen LogP contribution < -0.4 is 10.6 Å². The number of aromatic nitrogens is 1. The third-order valence-corrected chi connectivity index (χ3v) is 5.29. The summed E-state index contributed by atoms with van der Waals surface area (Å²) in [6, 6.07) is 3.62. The van der Waals surface area contributed by atoms with Crippen LogP contribution in [0.25, 0.3) is 0 Å². The van der Waals surface area contributed by atoms with Crippen molar-refractivity contribution in [3.8, 4) is 0 Å². The van der Waals surface area contributed by atoms with E-state index >= 15 is 0 Å². The maximum absolute atomic E-state index is 10.1. The molecule has 0 aromatic carbocycles. The molecule has 2 aromatic rings. The van der Waals surface area contributed by atoms with Gasteiger partial charge in [0.1, 0.15) is 6.10 Å². The third kappa shape index (κ3) is 7.22. The van der Waals surface area contributed by atoms with Crippen molar-refractivity contribution < 1.29 is 5.11 Å². The molecule has 9 heteroatoms. The van der Waals surface area contributed by atoms with Crippen LogP contribution in [0.1, 0.15) is 27.8 Å². The van der Waals surface area contributed by atoms with Crippen molar-refractivity contribution >= 4 is 64.2 Å². The van der Waals surface area contributed by atoms with Crippen molar-refractivity contribution in [1.29, 1.82) is 0 Å². The highest BCUT2D eigenvalue weighted by Gasteiger charge is 2.10. The second kappa shape index (κ2) is 11.2. The van der Waals surface area contributed by atoms with Gasteiger partial charge in [0.2, 0.25) is 0 Å². The van der Waals surface area contributed by atoms with E-state index in [9.17, 15) is 5.11 Å². The molecule has 2 rings (SSSR count). The van der Waals surface area contributed by atoms with Crippen LogP contribution in [0.2, 0.25) is 4.34 Å². The van der Waals surface area contributed by atoms with Gasteiger partial charge in [0.25, 0.3) is 0 Å². The van der Waals surface area contributed by atoms with Crippen LogP contribution >= 0.6 is 58.3 Å². The lowest BCUT2D eigenvalue weighted by molar-refractivity contribution is 0.191. The Kier molecular flexibility index (Phi) is 10.1. The minimum absolute atomic E-state index is 0. The molecule has 0 aliphatic rings. The summed E-state index contributed by atoms with van der Waals surface area (Å²) in [5.41, 5.74) is 0. The van der Waals surface area contributed by atoms with E-state index in [0.717, 1.165) is 29.4 Å². The Labute approximate surface area is 172 Å². The number of hydrogen-bond donors (Lipinski definition) is 3. The predicted molar refractivity (Wildman–Crippen MR) is 114 cm³/mol. The molecule has 0 saturated heterocycles. The second-order valence-corrected chi connectivity index (χ2v) is 7.98. The number of halogens is 2. The van der Waals surface area contributed by atoms with Gasteiger partial charge in [0, 0.05) is 35.5 Å². The molecule has 0 fully saturated rings. The van der Waals surface area contributed by atoms with Gasteiger partial charge in [-0.1, -0.05) is 11.6 Å². The van der Waals surface area contributed by atoms with E-state index in [1.54, 1.807) is 17.4 Å². The third-order valence-electron chi connectivity index (χ3n) is 2.99. The molecule has 0 aliphatic carbocycles. The van der Waals surface area contributed by atoms with Gasteiger partial charge in [-0.3, -0.25) is 4.99 Å². The molecule has 1 unspecified atom stereocenters. The molecule has 0 spiro atoms. The number of nitrogens with one attached hydrogen (secondary N) is 2. The molecule has 5 nitrogen and oxygen atoms in total. The number of nitrogens with zero attached hydrogens (tertiary/aromatic N) is 2. The fourth-order valence-electron chi connectivity index (χ4n) is 1.92. The fraction of sp³-hybridized carbons (Fsp3) is 0.467. The number of hydrogen-bond acceptors (Lipinski definition) is 5. The van der Waals surface area contributed by atoms with Gasteiger partial charge in [-0.2, -0.15) is 0 Å². The number of guanidine groups is 1. The Hall–Kier alpha value is -0.420. The van der Waals surface area contributed by atoms with Gasteiger partial charge in [-0.15, -0.1) is 46.7 Å². The first kappa shape index (κ1) is 21.6. The number of aliphatic hydroxyl groups excluding tert-OH is 1. The summed E-state index contributed by atoms with van der Waals surface area (Å²) in [7, 11) is 0.